The minimum Gasteiger partial charge on any atom is -0.465 e. The number of nitrogens with zero attached hydrogens (tertiary/aromatic N) is 1. The lowest BCUT2D eigenvalue weighted by Gasteiger charge is -2.09. The first kappa shape index (κ1) is 14.1. The first-order valence-corrected chi connectivity index (χ1v) is 6.18. The van der Waals surface area contributed by atoms with Gasteiger partial charge in [-0.1, -0.05) is 11.6 Å². The Hall–Kier alpha value is -2.27. The zero-order valence-corrected chi connectivity index (χ0v) is 11.8. The number of hydrogen-bond donors (Lipinski definition) is 1. The lowest BCUT2D eigenvalue weighted by Crippen LogP contribution is -2.05. The Kier molecular flexibility index (Phi) is 4.10. The Morgan fingerprint density at radius 1 is 1.30 bits per heavy atom. The molecule has 0 spiro atoms. The van der Waals surface area contributed by atoms with Crippen LogP contribution in [-0.4, -0.2) is 18.1 Å². The van der Waals surface area contributed by atoms with E-state index in [-0.39, 0.29) is 0 Å². The largest absolute Gasteiger partial charge is 0.465 e. The Morgan fingerprint density at radius 2 is 2.05 bits per heavy atom. The molecule has 5 nitrogen and oxygen atoms in total. The summed E-state index contributed by atoms with van der Waals surface area (Å²) in [6.45, 7) is 1.70. The number of hydrogen-bond acceptors (Lipinski definition) is 5. The molecule has 2 aromatic rings. The predicted octanol–water partition coefficient (Wildman–Crippen LogP) is 3.20. The number of aromatic nitrogens is 1. The van der Waals surface area contributed by atoms with E-state index in [1.165, 1.54) is 7.11 Å². The highest BCUT2D eigenvalue weighted by molar-refractivity contribution is 6.30. The number of ether oxygens (including phenoxy) is 2. The number of nitrogen functional groups attached to an aromatic ring is 1. The highest BCUT2D eigenvalue weighted by atomic mass is 35.5. The second kappa shape index (κ2) is 5.79. The minimum absolute atomic E-state index is 0.337. The third kappa shape index (κ3) is 3.00. The second-order valence-corrected chi connectivity index (χ2v) is 4.49. The predicted molar refractivity (Wildman–Crippen MR) is 76.3 cm³/mol. The normalized spacial score (nSPS) is 10.2. The molecule has 1 heterocycles. The fraction of sp³-hybridized carbons (Fsp3) is 0.143. The van der Waals surface area contributed by atoms with Crippen LogP contribution in [0.25, 0.3) is 0 Å². The molecule has 0 saturated carbocycles. The fourth-order valence-electron chi connectivity index (χ4n) is 1.65. The van der Waals surface area contributed by atoms with Gasteiger partial charge in [0.05, 0.1) is 24.1 Å². The standard InChI is InChI=1S/C14H13ClN2O3/c1-8-10(14(18)19-2)4-6-13(17-8)20-12-5-3-9(15)7-11(12)16/h3-7H,16H2,1-2H3. The molecule has 2 rings (SSSR count). The van der Waals surface area contributed by atoms with Crippen molar-refractivity contribution in [2.45, 2.75) is 6.92 Å². The Balaban J connectivity index is 2.26. The van der Waals surface area contributed by atoms with Crippen LogP contribution < -0.4 is 10.5 Å². The first-order chi connectivity index (χ1) is 9.51. The average molecular weight is 293 g/mol. The highest BCUT2D eigenvalue weighted by Crippen LogP contribution is 2.29. The second-order valence-electron chi connectivity index (χ2n) is 4.06. The molecule has 20 heavy (non-hydrogen) atoms. The van der Waals surface area contributed by atoms with Crippen LogP contribution in [0.15, 0.2) is 30.3 Å². The maximum absolute atomic E-state index is 11.5. The highest BCUT2D eigenvalue weighted by Gasteiger charge is 2.12. The summed E-state index contributed by atoms with van der Waals surface area (Å²) in [5.41, 5.74) is 7.11. The van der Waals surface area contributed by atoms with E-state index in [2.05, 4.69) is 9.72 Å². The third-order valence-electron chi connectivity index (χ3n) is 2.65. The van der Waals surface area contributed by atoms with Crippen molar-refractivity contribution in [2.24, 2.45) is 0 Å². The smallest absolute Gasteiger partial charge is 0.339 e. The summed E-state index contributed by atoms with van der Waals surface area (Å²) in [5, 5.41) is 0.528. The molecule has 2 N–H and O–H groups in total. The molecule has 0 bridgehead atoms. The molecular formula is C14H13ClN2O3. The minimum atomic E-state index is -0.437. The molecule has 1 aromatic carbocycles. The van der Waals surface area contributed by atoms with Crippen molar-refractivity contribution in [3.63, 3.8) is 0 Å². The van der Waals surface area contributed by atoms with Crippen LogP contribution in [0.2, 0.25) is 5.02 Å². The summed E-state index contributed by atoms with van der Waals surface area (Å²) in [6, 6.07) is 8.08. The number of pyridine rings is 1. The van der Waals surface area contributed by atoms with Crippen molar-refractivity contribution in [3.8, 4) is 11.6 Å². The first-order valence-electron chi connectivity index (χ1n) is 5.80. The van der Waals surface area contributed by atoms with Crippen molar-refractivity contribution in [3.05, 3.63) is 46.6 Å². The molecule has 0 saturated heterocycles. The Morgan fingerprint density at radius 3 is 2.65 bits per heavy atom. The lowest BCUT2D eigenvalue weighted by atomic mass is 10.2. The SMILES string of the molecule is COC(=O)c1ccc(Oc2ccc(Cl)cc2N)nc1C. The molecule has 0 aliphatic carbocycles. The van der Waals surface area contributed by atoms with Gasteiger partial charge in [-0.15, -0.1) is 0 Å². The molecule has 0 fully saturated rings. The number of carbonyl (C=O) groups is 1. The summed E-state index contributed by atoms with van der Waals surface area (Å²) in [6.07, 6.45) is 0. The molecule has 0 atom stereocenters. The summed E-state index contributed by atoms with van der Waals surface area (Å²) in [4.78, 5) is 15.6. The number of esters is 1. The van der Waals surface area contributed by atoms with Gasteiger partial charge in [0.15, 0.2) is 5.75 Å². The topological polar surface area (TPSA) is 74.4 Å². The summed E-state index contributed by atoms with van der Waals surface area (Å²) >= 11 is 5.81. The van der Waals surface area contributed by atoms with Gasteiger partial charge < -0.3 is 15.2 Å². The zero-order valence-electron chi connectivity index (χ0n) is 11.0. The molecule has 1 aromatic heterocycles. The van der Waals surface area contributed by atoms with Gasteiger partial charge >= 0.3 is 5.97 Å². The number of aryl methyl sites for hydroxylation is 1. The molecule has 104 valence electrons. The van der Waals surface area contributed by atoms with Gasteiger partial charge in [0.1, 0.15) is 0 Å². The summed E-state index contributed by atoms with van der Waals surface area (Å²) < 4.78 is 10.2. The molecule has 0 aliphatic heterocycles. The Bertz CT molecular complexity index is 659. The number of rotatable bonds is 3. The van der Waals surface area contributed by atoms with Crippen LogP contribution in [0.4, 0.5) is 5.69 Å². The van der Waals surface area contributed by atoms with Crippen LogP contribution >= 0.6 is 11.6 Å². The number of nitrogens with two attached hydrogens (primary N) is 1. The average Bonchev–Trinajstić information content (AvgIpc) is 2.41. The quantitative estimate of drug-likeness (QED) is 0.694. The number of methoxy groups -OCH3 is 1. The van der Waals surface area contributed by atoms with E-state index in [0.717, 1.165) is 0 Å². The maximum Gasteiger partial charge on any atom is 0.339 e. The van der Waals surface area contributed by atoms with E-state index in [1.807, 2.05) is 0 Å². The van der Waals surface area contributed by atoms with E-state index in [9.17, 15) is 4.79 Å². The number of anilines is 1. The summed E-state index contributed by atoms with van der Waals surface area (Å²) in [5.74, 6) is 0.351. The number of benzene rings is 1. The maximum atomic E-state index is 11.5. The fourth-order valence-corrected chi connectivity index (χ4v) is 1.83. The van der Waals surface area contributed by atoms with Gasteiger partial charge in [0.2, 0.25) is 5.88 Å². The van der Waals surface area contributed by atoms with Crippen LogP contribution in [0, 0.1) is 6.92 Å². The van der Waals surface area contributed by atoms with Crippen LogP contribution in [0.5, 0.6) is 11.6 Å². The van der Waals surface area contributed by atoms with Crippen LogP contribution in [0.1, 0.15) is 16.1 Å². The molecule has 6 heteroatoms. The zero-order chi connectivity index (χ0) is 14.7. The van der Waals surface area contributed by atoms with E-state index in [1.54, 1.807) is 37.3 Å². The molecule has 0 aliphatic rings. The van der Waals surface area contributed by atoms with E-state index in [4.69, 9.17) is 22.1 Å². The van der Waals surface area contributed by atoms with Gasteiger partial charge in [-0.2, -0.15) is 0 Å². The lowest BCUT2D eigenvalue weighted by molar-refractivity contribution is 0.0599. The van der Waals surface area contributed by atoms with Crippen LogP contribution in [-0.2, 0) is 4.74 Å². The molecule has 0 unspecified atom stereocenters. The van der Waals surface area contributed by atoms with Gasteiger partial charge in [-0.05, 0) is 31.2 Å². The number of carbonyl (C=O) groups excluding carboxylic acids is 1. The number of halogens is 1. The van der Waals surface area contributed by atoms with Crippen molar-refractivity contribution >= 4 is 23.3 Å². The monoisotopic (exact) mass is 292 g/mol. The van der Waals surface area contributed by atoms with Crippen molar-refractivity contribution < 1.29 is 14.3 Å². The van der Waals surface area contributed by atoms with E-state index < -0.39 is 5.97 Å². The molecule has 0 amide bonds. The van der Waals surface area contributed by atoms with E-state index in [0.29, 0.717) is 33.6 Å². The van der Waals surface area contributed by atoms with Gasteiger partial charge in [-0.25, -0.2) is 9.78 Å². The van der Waals surface area contributed by atoms with E-state index >= 15 is 0 Å². The third-order valence-corrected chi connectivity index (χ3v) is 2.89. The summed E-state index contributed by atoms with van der Waals surface area (Å²) in [7, 11) is 1.32. The van der Waals surface area contributed by atoms with Crippen molar-refractivity contribution in [1.82, 2.24) is 4.98 Å². The molecular weight excluding hydrogens is 280 g/mol. The van der Waals surface area contributed by atoms with Crippen molar-refractivity contribution in [1.29, 1.82) is 0 Å². The van der Waals surface area contributed by atoms with Gasteiger partial charge in [0.25, 0.3) is 0 Å². The van der Waals surface area contributed by atoms with Gasteiger partial charge in [0, 0.05) is 11.1 Å². The van der Waals surface area contributed by atoms with Crippen LogP contribution in [0.3, 0.4) is 0 Å². The van der Waals surface area contributed by atoms with Crippen molar-refractivity contribution in [2.75, 3.05) is 12.8 Å². The Labute approximate surface area is 121 Å². The molecule has 0 radical (unpaired) electrons. The van der Waals surface area contributed by atoms with Gasteiger partial charge in [-0.3, -0.25) is 0 Å².